The lowest BCUT2D eigenvalue weighted by Gasteiger charge is -2.20. The molecule has 24 heavy (non-hydrogen) atoms. The van der Waals surface area contributed by atoms with Crippen molar-refractivity contribution in [3.8, 4) is 5.75 Å². The second-order valence-electron chi connectivity index (χ2n) is 5.98. The maximum Gasteiger partial charge on any atom is 0.231 e. The number of aromatic nitrogens is 1. The first-order chi connectivity index (χ1) is 11.5. The van der Waals surface area contributed by atoms with Crippen LogP contribution in [0.2, 0.25) is 0 Å². The zero-order chi connectivity index (χ0) is 17.3. The first kappa shape index (κ1) is 16.0. The number of aryl methyl sites for hydroxylation is 1. The smallest absolute Gasteiger partial charge is 0.231 e. The van der Waals surface area contributed by atoms with Gasteiger partial charge >= 0.3 is 0 Å². The quantitative estimate of drug-likeness (QED) is 0.908. The predicted octanol–water partition coefficient (Wildman–Crippen LogP) is 2.40. The zero-order valence-corrected chi connectivity index (χ0v) is 13.6. The van der Waals surface area contributed by atoms with Crippen LogP contribution in [0.5, 0.6) is 5.75 Å². The molecule has 2 heterocycles. The summed E-state index contributed by atoms with van der Waals surface area (Å²) in [7, 11) is 0. The van der Waals surface area contributed by atoms with Gasteiger partial charge in [0.2, 0.25) is 11.8 Å². The molecule has 2 N–H and O–H groups in total. The Bertz CT molecular complexity index is 804. The molecule has 1 aromatic carbocycles. The van der Waals surface area contributed by atoms with Crippen molar-refractivity contribution in [2.75, 3.05) is 16.8 Å². The van der Waals surface area contributed by atoms with Gasteiger partial charge in [0.25, 0.3) is 0 Å². The summed E-state index contributed by atoms with van der Waals surface area (Å²) in [6, 6.07) is 8.82. The van der Waals surface area contributed by atoms with Crippen molar-refractivity contribution in [2.24, 2.45) is 5.92 Å². The van der Waals surface area contributed by atoms with E-state index in [1.807, 2.05) is 32.0 Å². The Kier molecular flexibility index (Phi) is 4.20. The number of aromatic hydroxyl groups is 1. The van der Waals surface area contributed by atoms with E-state index >= 15 is 0 Å². The Morgan fingerprint density at radius 1 is 1.29 bits per heavy atom. The molecule has 0 aliphatic carbocycles. The number of amides is 2. The predicted molar refractivity (Wildman–Crippen MR) is 90.9 cm³/mol. The molecular formula is C18H19N3O3. The molecular weight excluding hydrogens is 306 g/mol. The van der Waals surface area contributed by atoms with E-state index in [9.17, 15) is 14.7 Å². The standard InChI is InChI=1S/C18H19N3O3/c1-11-5-3-6-14(12(11)2)21-10-13(9-16(21)23)18(24)20-17-15(22)7-4-8-19-17/h3-8,13,22H,9-10H2,1-2H3,(H,19,20,24)/t13-/m0/s1. The summed E-state index contributed by atoms with van der Waals surface area (Å²) in [5, 5.41) is 12.3. The number of hydrogen-bond acceptors (Lipinski definition) is 4. The summed E-state index contributed by atoms with van der Waals surface area (Å²) in [5.74, 6) is -0.847. The molecule has 1 atom stereocenters. The number of pyridine rings is 1. The first-order valence-electron chi connectivity index (χ1n) is 7.79. The minimum absolute atomic E-state index is 0.0749. The number of benzene rings is 1. The minimum Gasteiger partial charge on any atom is -0.504 e. The number of rotatable bonds is 3. The van der Waals surface area contributed by atoms with Crippen molar-refractivity contribution in [2.45, 2.75) is 20.3 Å². The highest BCUT2D eigenvalue weighted by Gasteiger charge is 2.36. The largest absolute Gasteiger partial charge is 0.504 e. The molecule has 124 valence electrons. The average molecular weight is 325 g/mol. The summed E-state index contributed by atoms with van der Waals surface area (Å²) in [6.45, 7) is 4.28. The molecule has 2 amide bonds. The molecule has 1 fully saturated rings. The molecule has 1 saturated heterocycles. The Hall–Kier alpha value is -2.89. The van der Waals surface area contributed by atoms with Crippen LogP contribution in [0, 0.1) is 19.8 Å². The first-order valence-corrected chi connectivity index (χ1v) is 7.79. The van der Waals surface area contributed by atoms with Crippen LogP contribution < -0.4 is 10.2 Å². The molecule has 0 bridgehead atoms. The van der Waals surface area contributed by atoms with Crippen LogP contribution in [0.25, 0.3) is 0 Å². The SMILES string of the molecule is Cc1cccc(N2C[C@@H](C(=O)Nc3ncccc3O)CC2=O)c1C. The van der Waals surface area contributed by atoms with Crippen LogP contribution in [-0.4, -0.2) is 28.4 Å². The van der Waals surface area contributed by atoms with Crippen molar-refractivity contribution in [3.05, 3.63) is 47.7 Å². The fraction of sp³-hybridized carbons (Fsp3) is 0.278. The van der Waals surface area contributed by atoms with Gasteiger partial charge in [-0.05, 0) is 43.2 Å². The highest BCUT2D eigenvalue weighted by molar-refractivity contribution is 6.04. The van der Waals surface area contributed by atoms with Gasteiger partial charge in [-0.3, -0.25) is 9.59 Å². The summed E-state index contributed by atoms with van der Waals surface area (Å²) >= 11 is 0. The monoisotopic (exact) mass is 325 g/mol. The van der Waals surface area contributed by atoms with E-state index in [-0.39, 0.29) is 29.8 Å². The van der Waals surface area contributed by atoms with E-state index in [1.165, 1.54) is 12.3 Å². The van der Waals surface area contributed by atoms with Crippen LogP contribution >= 0.6 is 0 Å². The average Bonchev–Trinajstić information content (AvgIpc) is 2.94. The van der Waals surface area contributed by atoms with Crippen LogP contribution in [-0.2, 0) is 9.59 Å². The van der Waals surface area contributed by atoms with Gasteiger partial charge in [-0.2, -0.15) is 0 Å². The maximum atomic E-state index is 12.4. The molecule has 0 saturated carbocycles. The summed E-state index contributed by atoms with van der Waals surface area (Å²) in [5.41, 5.74) is 2.98. The van der Waals surface area contributed by atoms with Gasteiger partial charge < -0.3 is 15.3 Å². The second-order valence-corrected chi connectivity index (χ2v) is 5.98. The van der Waals surface area contributed by atoms with E-state index in [0.29, 0.717) is 6.54 Å². The van der Waals surface area contributed by atoms with Gasteiger partial charge in [-0.25, -0.2) is 4.98 Å². The zero-order valence-electron chi connectivity index (χ0n) is 13.6. The molecule has 1 aliphatic heterocycles. The Balaban J connectivity index is 1.76. The minimum atomic E-state index is -0.473. The number of nitrogens with zero attached hydrogens (tertiary/aromatic N) is 2. The highest BCUT2D eigenvalue weighted by atomic mass is 16.3. The number of carbonyl (C=O) groups is 2. The van der Waals surface area contributed by atoms with Crippen molar-refractivity contribution < 1.29 is 14.7 Å². The molecule has 0 spiro atoms. The molecule has 6 heteroatoms. The number of anilines is 2. The lowest BCUT2D eigenvalue weighted by molar-refractivity contribution is -0.122. The molecule has 0 unspecified atom stereocenters. The van der Waals surface area contributed by atoms with E-state index in [1.54, 1.807) is 11.0 Å². The lowest BCUT2D eigenvalue weighted by Crippen LogP contribution is -2.28. The Morgan fingerprint density at radius 3 is 2.83 bits per heavy atom. The third-order valence-corrected chi connectivity index (χ3v) is 4.39. The van der Waals surface area contributed by atoms with Gasteiger partial charge in [0.1, 0.15) is 0 Å². The van der Waals surface area contributed by atoms with Crippen molar-refractivity contribution in [1.29, 1.82) is 0 Å². The summed E-state index contributed by atoms with van der Waals surface area (Å²) in [6.07, 6.45) is 1.63. The van der Waals surface area contributed by atoms with Crippen LogP contribution in [0.3, 0.4) is 0 Å². The Labute approximate surface area is 140 Å². The fourth-order valence-corrected chi connectivity index (χ4v) is 2.86. The van der Waals surface area contributed by atoms with Crippen molar-refractivity contribution in [3.63, 3.8) is 0 Å². The van der Waals surface area contributed by atoms with E-state index < -0.39 is 5.92 Å². The van der Waals surface area contributed by atoms with Gasteiger partial charge in [0.15, 0.2) is 11.6 Å². The van der Waals surface area contributed by atoms with Crippen LogP contribution in [0.4, 0.5) is 11.5 Å². The maximum absolute atomic E-state index is 12.4. The van der Waals surface area contributed by atoms with Gasteiger partial charge in [-0.15, -0.1) is 0 Å². The molecule has 3 rings (SSSR count). The van der Waals surface area contributed by atoms with Gasteiger partial charge in [0, 0.05) is 24.8 Å². The summed E-state index contributed by atoms with van der Waals surface area (Å²) < 4.78 is 0. The highest BCUT2D eigenvalue weighted by Crippen LogP contribution is 2.30. The number of carbonyl (C=O) groups excluding carboxylic acids is 2. The second kappa shape index (κ2) is 6.31. The molecule has 0 radical (unpaired) electrons. The summed E-state index contributed by atoms with van der Waals surface area (Å²) in [4.78, 5) is 30.3. The number of hydrogen-bond donors (Lipinski definition) is 2. The van der Waals surface area contributed by atoms with E-state index in [4.69, 9.17) is 0 Å². The van der Waals surface area contributed by atoms with Gasteiger partial charge in [-0.1, -0.05) is 12.1 Å². The third-order valence-electron chi connectivity index (χ3n) is 4.39. The topological polar surface area (TPSA) is 82.5 Å². The van der Waals surface area contributed by atoms with Crippen molar-refractivity contribution >= 4 is 23.3 Å². The third kappa shape index (κ3) is 2.95. The normalized spacial score (nSPS) is 17.2. The molecule has 1 aromatic heterocycles. The lowest BCUT2D eigenvalue weighted by atomic mass is 10.1. The van der Waals surface area contributed by atoms with Crippen LogP contribution in [0.15, 0.2) is 36.5 Å². The fourth-order valence-electron chi connectivity index (χ4n) is 2.86. The van der Waals surface area contributed by atoms with Gasteiger partial charge in [0.05, 0.1) is 5.92 Å². The number of nitrogens with one attached hydrogen (secondary N) is 1. The van der Waals surface area contributed by atoms with Crippen LogP contribution in [0.1, 0.15) is 17.5 Å². The Morgan fingerprint density at radius 2 is 2.08 bits per heavy atom. The molecule has 6 nitrogen and oxygen atoms in total. The van der Waals surface area contributed by atoms with Crippen molar-refractivity contribution in [1.82, 2.24) is 4.98 Å². The van der Waals surface area contributed by atoms with E-state index in [2.05, 4.69) is 10.3 Å². The van der Waals surface area contributed by atoms with E-state index in [0.717, 1.165) is 16.8 Å². The molecule has 2 aromatic rings. The molecule has 1 aliphatic rings.